The van der Waals surface area contributed by atoms with Crippen LogP contribution in [0.4, 0.5) is 0 Å². The molecule has 0 spiro atoms. The molecule has 14 heavy (non-hydrogen) atoms. The first-order valence-electron chi connectivity index (χ1n) is 4.02. The maximum Gasteiger partial charge on any atom is 1.00 e. The van der Waals surface area contributed by atoms with Gasteiger partial charge in [0.1, 0.15) is 0 Å². The smallest absolute Gasteiger partial charge is 0.868 e. The Labute approximate surface area is 104 Å². The Morgan fingerprint density at radius 1 is 1.64 bits per heavy atom. The van der Waals surface area contributed by atoms with Gasteiger partial charge in [0, 0.05) is 12.1 Å². The summed E-state index contributed by atoms with van der Waals surface area (Å²) in [6.45, 7) is 2.17. The zero-order chi connectivity index (χ0) is 9.84. The number of amides is 1. The predicted octanol–water partition coefficient (Wildman–Crippen LogP) is -4.31. The number of nitrogens with one attached hydrogen (secondary N) is 1. The van der Waals surface area contributed by atoms with Crippen LogP contribution in [-0.4, -0.2) is 25.0 Å². The Morgan fingerprint density at radius 3 is 2.86 bits per heavy atom. The van der Waals surface area contributed by atoms with Gasteiger partial charge in [-0.1, -0.05) is 0 Å². The number of carbonyl (C=O) groups is 2. The van der Waals surface area contributed by atoms with Crippen molar-refractivity contribution >= 4 is 11.9 Å². The first kappa shape index (κ1) is 13.5. The second kappa shape index (κ2) is 6.06. The van der Waals surface area contributed by atoms with Crippen LogP contribution in [0.3, 0.4) is 0 Å². The first-order valence-corrected chi connectivity index (χ1v) is 4.02. The third-order valence-corrected chi connectivity index (χ3v) is 1.66. The van der Waals surface area contributed by atoms with Gasteiger partial charge in [0.15, 0.2) is 0 Å². The molecule has 0 aromatic rings. The van der Waals surface area contributed by atoms with Gasteiger partial charge in [0.25, 0.3) is 0 Å². The summed E-state index contributed by atoms with van der Waals surface area (Å²) in [6.07, 6.45) is 0.253. The van der Waals surface area contributed by atoms with Crippen molar-refractivity contribution in [1.82, 2.24) is 5.32 Å². The van der Waals surface area contributed by atoms with Gasteiger partial charge in [-0.3, -0.25) is 4.79 Å². The van der Waals surface area contributed by atoms with Crippen molar-refractivity contribution in [3.05, 3.63) is 11.3 Å². The van der Waals surface area contributed by atoms with Crippen molar-refractivity contribution < 1.29 is 49.0 Å². The van der Waals surface area contributed by atoms with Crippen LogP contribution in [0, 0.1) is 0 Å². The third-order valence-electron chi connectivity index (χ3n) is 1.66. The minimum atomic E-state index is -0.773. The minimum Gasteiger partial charge on any atom is -0.868 e. The Bertz CT molecular complexity index is 275. The number of hydrogen-bond acceptors (Lipinski definition) is 4. The molecule has 0 saturated carbocycles. The molecule has 0 bridgehead atoms. The second-order valence-corrected chi connectivity index (χ2v) is 2.53. The molecule has 0 aromatic heterocycles. The van der Waals surface area contributed by atoms with Crippen molar-refractivity contribution in [2.24, 2.45) is 0 Å². The average molecular weight is 207 g/mol. The molecule has 0 atom stereocenters. The molecule has 6 heteroatoms. The van der Waals surface area contributed by atoms with Gasteiger partial charge in [-0.05, 0) is 19.1 Å². The molecule has 0 unspecified atom stereocenters. The van der Waals surface area contributed by atoms with E-state index in [0.717, 1.165) is 0 Å². The van der Waals surface area contributed by atoms with Gasteiger partial charge < -0.3 is 15.2 Å². The van der Waals surface area contributed by atoms with E-state index in [-0.39, 0.29) is 48.2 Å². The monoisotopic (exact) mass is 207 g/mol. The quantitative estimate of drug-likeness (QED) is 0.367. The summed E-state index contributed by atoms with van der Waals surface area (Å²) < 4.78 is 4.62. The fraction of sp³-hybridized carbons (Fsp3) is 0.500. The van der Waals surface area contributed by atoms with E-state index in [1.54, 1.807) is 6.92 Å². The fourth-order valence-electron chi connectivity index (χ4n) is 1.04. The van der Waals surface area contributed by atoms with E-state index in [1.165, 1.54) is 0 Å². The average Bonchev–Trinajstić information content (AvgIpc) is 2.10. The van der Waals surface area contributed by atoms with E-state index < -0.39 is 17.6 Å². The molecule has 0 aromatic carbocycles. The number of hydrogen-bond donors (Lipinski definition) is 1. The zero-order valence-electron chi connectivity index (χ0n) is 8.25. The molecule has 1 heterocycles. The molecule has 1 amide bonds. The van der Waals surface area contributed by atoms with Gasteiger partial charge in [-0.15, -0.1) is 0 Å². The molecule has 72 valence electrons. The van der Waals surface area contributed by atoms with Crippen LogP contribution in [0.25, 0.3) is 0 Å². The summed E-state index contributed by atoms with van der Waals surface area (Å²) in [5.41, 5.74) is -0.0504. The Balaban J connectivity index is 0.00000169. The van der Waals surface area contributed by atoms with E-state index in [1.807, 2.05) is 0 Å². The second-order valence-electron chi connectivity index (χ2n) is 2.53. The van der Waals surface area contributed by atoms with Gasteiger partial charge in [-0.2, -0.15) is 0 Å². The van der Waals surface area contributed by atoms with E-state index in [4.69, 9.17) is 0 Å². The molecule has 0 saturated heterocycles. The van der Waals surface area contributed by atoms with Gasteiger partial charge in [0.05, 0.1) is 6.61 Å². The van der Waals surface area contributed by atoms with Crippen molar-refractivity contribution in [3.8, 4) is 0 Å². The molecule has 0 radical (unpaired) electrons. The molecule has 1 rings (SSSR count). The summed E-state index contributed by atoms with van der Waals surface area (Å²) in [5.74, 6) is -2.18. The van der Waals surface area contributed by atoms with Crippen LogP contribution in [0.15, 0.2) is 11.3 Å². The maximum atomic E-state index is 11.1. The van der Waals surface area contributed by atoms with Crippen LogP contribution in [-0.2, 0) is 14.3 Å². The van der Waals surface area contributed by atoms with E-state index in [0.29, 0.717) is 6.54 Å². The van der Waals surface area contributed by atoms with Gasteiger partial charge in [-0.25, -0.2) is 4.79 Å². The van der Waals surface area contributed by atoms with Gasteiger partial charge in [0.2, 0.25) is 5.91 Å². The van der Waals surface area contributed by atoms with Crippen LogP contribution in [0.2, 0.25) is 0 Å². The van der Waals surface area contributed by atoms with E-state index >= 15 is 0 Å². The molecule has 1 aliphatic heterocycles. The van der Waals surface area contributed by atoms with Crippen molar-refractivity contribution in [2.75, 3.05) is 13.2 Å². The third kappa shape index (κ3) is 3.01. The molecule has 5 nitrogen and oxygen atoms in total. The van der Waals surface area contributed by atoms with Crippen molar-refractivity contribution in [2.45, 2.75) is 13.3 Å². The number of rotatable bonds is 2. The molecule has 0 aliphatic carbocycles. The summed E-state index contributed by atoms with van der Waals surface area (Å²) in [4.78, 5) is 21.9. The number of ether oxygens (including phenoxy) is 1. The van der Waals surface area contributed by atoms with Crippen LogP contribution < -0.4 is 40.0 Å². The summed E-state index contributed by atoms with van der Waals surface area (Å²) in [5, 5.41) is 13.4. The predicted molar refractivity (Wildman–Crippen MR) is 41.3 cm³/mol. The van der Waals surface area contributed by atoms with Crippen LogP contribution >= 0.6 is 0 Å². The maximum absolute atomic E-state index is 11.1. The fourth-order valence-corrected chi connectivity index (χ4v) is 1.04. The Hall–Kier alpha value is -0.520. The Kier molecular flexibility index (Phi) is 5.83. The SMILES string of the molecule is CCOC(=O)C1=C([O-])C(=O)NCC1.[Na+]. The van der Waals surface area contributed by atoms with E-state index in [2.05, 4.69) is 10.1 Å². The largest absolute Gasteiger partial charge is 1.00 e. The summed E-state index contributed by atoms with van der Waals surface area (Å²) in [7, 11) is 0. The molecule has 0 fully saturated rings. The first-order chi connectivity index (χ1) is 6.16. The standard InChI is InChI=1S/C8H11NO4.Na/c1-2-13-8(12)5-3-4-9-7(11)6(5)10;/h10H,2-4H2,1H3,(H,9,11);/q;+1/p-1. The molecule has 1 N–H and O–H groups in total. The molecule has 1 aliphatic rings. The normalized spacial score (nSPS) is 15.6. The topological polar surface area (TPSA) is 78.5 Å². The minimum absolute atomic E-state index is 0. The van der Waals surface area contributed by atoms with Crippen LogP contribution in [0.1, 0.15) is 13.3 Å². The number of esters is 1. The Morgan fingerprint density at radius 2 is 2.29 bits per heavy atom. The van der Waals surface area contributed by atoms with Gasteiger partial charge >= 0.3 is 35.5 Å². The van der Waals surface area contributed by atoms with E-state index in [9.17, 15) is 14.7 Å². The number of carbonyl (C=O) groups excluding carboxylic acids is 2. The zero-order valence-corrected chi connectivity index (χ0v) is 10.3. The molecular weight excluding hydrogens is 197 g/mol. The summed E-state index contributed by atoms with van der Waals surface area (Å²) in [6, 6.07) is 0. The summed E-state index contributed by atoms with van der Waals surface area (Å²) >= 11 is 0. The van der Waals surface area contributed by atoms with Crippen molar-refractivity contribution in [3.63, 3.8) is 0 Å². The molecular formula is C8H10NNaO4. The van der Waals surface area contributed by atoms with Crippen molar-refractivity contribution in [1.29, 1.82) is 0 Å². The van der Waals surface area contributed by atoms with Crippen LogP contribution in [0.5, 0.6) is 0 Å².